The fourth-order valence-corrected chi connectivity index (χ4v) is 3.78. The van der Waals surface area contributed by atoms with Gasteiger partial charge in [-0.2, -0.15) is 5.26 Å². The van der Waals surface area contributed by atoms with Crippen molar-refractivity contribution in [2.45, 2.75) is 0 Å². The SMILES string of the molecule is N#CC(=Cc1cc(O)c(O)c(I)c1)c1ncc2cc(O)c(=O)c(O)c-2s1. The number of hydrogen-bond donors (Lipinski definition) is 4. The first-order valence-corrected chi connectivity index (χ1v) is 8.89. The molecule has 1 heterocycles. The molecule has 0 unspecified atom stereocenters. The van der Waals surface area contributed by atoms with Crippen LogP contribution in [0, 0.1) is 14.9 Å². The highest BCUT2D eigenvalue weighted by Crippen LogP contribution is 2.38. The zero-order valence-electron chi connectivity index (χ0n) is 12.8. The summed E-state index contributed by atoms with van der Waals surface area (Å²) in [6, 6.07) is 6.05. The van der Waals surface area contributed by atoms with Gasteiger partial charge in [-0.25, -0.2) is 4.98 Å². The molecule has 3 rings (SSSR count). The van der Waals surface area contributed by atoms with Crippen molar-refractivity contribution in [3.8, 4) is 39.5 Å². The van der Waals surface area contributed by atoms with Crippen LogP contribution in [0.4, 0.5) is 0 Å². The molecule has 26 heavy (non-hydrogen) atoms. The number of rotatable bonds is 2. The quantitative estimate of drug-likeness (QED) is 0.252. The van der Waals surface area contributed by atoms with Gasteiger partial charge in [-0.05, 0) is 52.4 Å². The molecule has 0 spiro atoms. The van der Waals surface area contributed by atoms with Gasteiger partial charge >= 0.3 is 0 Å². The molecular weight excluding hydrogens is 471 g/mol. The zero-order valence-corrected chi connectivity index (χ0v) is 15.7. The highest BCUT2D eigenvalue weighted by atomic mass is 127. The van der Waals surface area contributed by atoms with Crippen LogP contribution in [0.2, 0.25) is 0 Å². The van der Waals surface area contributed by atoms with Crippen molar-refractivity contribution in [3.05, 3.63) is 48.8 Å². The van der Waals surface area contributed by atoms with E-state index in [9.17, 15) is 30.5 Å². The van der Waals surface area contributed by atoms with E-state index >= 15 is 0 Å². The molecule has 130 valence electrons. The van der Waals surface area contributed by atoms with Crippen molar-refractivity contribution < 1.29 is 20.4 Å². The monoisotopic (exact) mass is 480 g/mol. The summed E-state index contributed by atoms with van der Waals surface area (Å²) in [5.74, 6) is -1.76. The van der Waals surface area contributed by atoms with Crippen molar-refractivity contribution in [2.24, 2.45) is 0 Å². The Labute approximate surface area is 164 Å². The van der Waals surface area contributed by atoms with Crippen molar-refractivity contribution in [2.75, 3.05) is 0 Å². The first-order valence-electron chi connectivity index (χ1n) is 7.00. The average Bonchev–Trinajstić information content (AvgIpc) is 2.62. The van der Waals surface area contributed by atoms with Crippen LogP contribution in [-0.4, -0.2) is 25.4 Å². The highest BCUT2D eigenvalue weighted by Gasteiger charge is 2.18. The Morgan fingerprint density at radius 3 is 2.54 bits per heavy atom. The normalized spacial score (nSPS) is 11.5. The summed E-state index contributed by atoms with van der Waals surface area (Å²) in [6.45, 7) is 0. The molecule has 0 atom stereocenters. The molecule has 1 aliphatic carbocycles. The van der Waals surface area contributed by atoms with Crippen LogP contribution in [0.3, 0.4) is 0 Å². The lowest BCUT2D eigenvalue weighted by Gasteiger charge is -2.08. The Bertz CT molecular complexity index is 1110. The van der Waals surface area contributed by atoms with Crippen molar-refractivity contribution in [1.82, 2.24) is 4.98 Å². The third kappa shape index (κ3) is 3.16. The fourth-order valence-electron chi connectivity index (χ4n) is 2.22. The summed E-state index contributed by atoms with van der Waals surface area (Å²) >= 11 is 2.77. The van der Waals surface area contributed by atoms with E-state index in [4.69, 9.17) is 0 Å². The minimum Gasteiger partial charge on any atom is -0.504 e. The molecule has 7 nitrogen and oxygen atoms in total. The van der Waals surface area contributed by atoms with E-state index in [1.54, 1.807) is 6.07 Å². The van der Waals surface area contributed by atoms with Gasteiger partial charge < -0.3 is 20.4 Å². The second kappa shape index (κ2) is 6.81. The average molecular weight is 480 g/mol. The first kappa shape index (κ1) is 18.0. The van der Waals surface area contributed by atoms with Crippen molar-refractivity contribution in [1.29, 1.82) is 5.26 Å². The number of nitrogens with zero attached hydrogens (tertiary/aromatic N) is 2. The van der Waals surface area contributed by atoms with Gasteiger partial charge in [-0.1, -0.05) is 0 Å². The van der Waals surface area contributed by atoms with Gasteiger partial charge in [-0.3, -0.25) is 4.79 Å². The Hall–Kier alpha value is -2.84. The molecule has 9 heteroatoms. The van der Waals surface area contributed by atoms with E-state index < -0.39 is 16.9 Å². The predicted octanol–water partition coefficient (Wildman–Crippen LogP) is 3.10. The lowest BCUT2D eigenvalue weighted by atomic mass is 10.1. The van der Waals surface area contributed by atoms with E-state index in [0.717, 1.165) is 11.3 Å². The van der Waals surface area contributed by atoms with Crippen molar-refractivity contribution in [3.63, 3.8) is 0 Å². The number of nitriles is 1. The zero-order chi connectivity index (χ0) is 19.0. The van der Waals surface area contributed by atoms with Crippen LogP contribution in [0.1, 0.15) is 10.6 Å². The Morgan fingerprint density at radius 1 is 1.15 bits per heavy atom. The topological polar surface area (TPSA) is 135 Å². The summed E-state index contributed by atoms with van der Waals surface area (Å²) in [7, 11) is 0. The summed E-state index contributed by atoms with van der Waals surface area (Å²) in [5.41, 5.74) is 0.0707. The number of allylic oxidation sites excluding steroid dienone is 1. The molecule has 0 saturated carbocycles. The molecule has 0 radical (unpaired) electrons. The van der Waals surface area contributed by atoms with Gasteiger partial charge in [0.05, 0.1) is 14.0 Å². The molecule has 2 aliphatic rings. The number of aromatic hydroxyl groups is 4. The molecule has 0 saturated heterocycles. The maximum Gasteiger partial charge on any atom is 0.263 e. The molecule has 4 N–H and O–H groups in total. The summed E-state index contributed by atoms with van der Waals surface area (Å²) in [5, 5.41) is 48.4. The number of aromatic nitrogens is 1. The number of fused-ring (bicyclic) bond motifs is 1. The Kier molecular flexibility index (Phi) is 4.71. The van der Waals surface area contributed by atoms with Crippen LogP contribution in [0.5, 0.6) is 23.0 Å². The van der Waals surface area contributed by atoms with E-state index in [2.05, 4.69) is 4.98 Å². The summed E-state index contributed by atoms with van der Waals surface area (Å²) in [6.07, 6.45) is 2.80. The molecule has 1 aliphatic heterocycles. The van der Waals surface area contributed by atoms with Crippen LogP contribution in [-0.2, 0) is 0 Å². The Morgan fingerprint density at radius 2 is 1.88 bits per heavy atom. The number of halogens is 1. The van der Waals surface area contributed by atoms with E-state index in [1.807, 2.05) is 28.7 Å². The molecule has 1 aromatic rings. The van der Waals surface area contributed by atoms with Gasteiger partial charge in [0.15, 0.2) is 23.0 Å². The van der Waals surface area contributed by atoms with E-state index in [-0.39, 0.29) is 27.0 Å². The van der Waals surface area contributed by atoms with E-state index in [1.165, 1.54) is 24.4 Å². The number of benzene rings is 2. The van der Waals surface area contributed by atoms with E-state index in [0.29, 0.717) is 14.7 Å². The summed E-state index contributed by atoms with van der Waals surface area (Å²) in [4.78, 5) is 16.0. The van der Waals surface area contributed by atoms with Crippen LogP contribution >= 0.6 is 33.9 Å². The van der Waals surface area contributed by atoms with Gasteiger partial charge in [0, 0.05) is 11.8 Å². The maximum atomic E-state index is 11.7. The largest absolute Gasteiger partial charge is 0.504 e. The number of phenolic OH excluding ortho intramolecular Hbond substituents is 4. The standard InChI is InChI=1S/C17H9IN2O5S/c18-10-2-7(3-11(21)13(10)23)1-8(5-19)17-20-6-9-4-12(22)14(24)15(25)16(9)26-17/h1-4,6,21-23,25H. The smallest absolute Gasteiger partial charge is 0.263 e. The van der Waals surface area contributed by atoms with Crippen molar-refractivity contribution >= 4 is 45.6 Å². The number of phenols is 4. The lowest BCUT2D eigenvalue weighted by Crippen LogP contribution is -2.02. The molecule has 0 bridgehead atoms. The van der Waals surface area contributed by atoms with Crippen LogP contribution in [0.25, 0.3) is 22.1 Å². The minimum atomic E-state index is -0.897. The molecule has 0 fully saturated rings. The minimum absolute atomic E-state index is 0.137. The maximum absolute atomic E-state index is 11.7. The van der Waals surface area contributed by atoms with Crippen LogP contribution < -0.4 is 5.43 Å². The molecular formula is C17H9IN2O5S. The van der Waals surface area contributed by atoms with Gasteiger partial charge in [0.2, 0.25) is 0 Å². The lowest BCUT2D eigenvalue weighted by molar-refractivity contribution is 0.401. The molecule has 0 aromatic heterocycles. The number of hydrogen-bond acceptors (Lipinski definition) is 8. The Balaban J connectivity index is 2.17. The highest BCUT2D eigenvalue weighted by molar-refractivity contribution is 14.1. The second-order valence-corrected chi connectivity index (χ2v) is 7.36. The third-order valence-corrected chi connectivity index (χ3v) is 5.44. The summed E-state index contributed by atoms with van der Waals surface area (Å²) < 4.78 is 0.408. The van der Waals surface area contributed by atoms with Crippen LogP contribution in [0.15, 0.2) is 29.2 Å². The predicted molar refractivity (Wildman–Crippen MR) is 104 cm³/mol. The third-order valence-electron chi connectivity index (χ3n) is 3.46. The molecule has 1 aromatic carbocycles. The fraction of sp³-hybridized carbons (Fsp3) is 0. The van der Waals surface area contributed by atoms with Gasteiger partial charge in [0.1, 0.15) is 11.1 Å². The first-order chi connectivity index (χ1) is 12.3. The second-order valence-electron chi connectivity index (χ2n) is 5.20. The van der Waals surface area contributed by atoms with Gasteiger partial charge in [-0.15, -0.1) is 11.3 Å². The molecule has 0 amide bonds. The van der Waals surface area contributed by atoms with Gasteiger partial charge in [0.25, 0.3) is 5.43 Å².